The van der Waals surface area contributed by atoms with E-state index in [0.717, 1.165) is 25.7 Å². The molecule has 0 unspecified atom stereocenters. The van der Waals surface area contributed by atoms with E-state index in [9.17, 15) is 9.59 Å². The first-order chi connectivity index (χ1) is 6.92. The molecule has 15 heavy (non-hydrogen) atoms. The minimum atomic E-state index is -1.33. The predicted octanol–water partition coefficient (Wildman–Crippen LogP) is 1.79. The van der Waals surface area contributed by atoms with E-state index in [0.29, 0.717) is 6.54 Å². The van der Waals surface area contributed by atoms with Crippen LogP contribution in [0.4, 0.5) is 0 Å². The summed E-state index contributed by atoms with van der Waals surface area (Å²) >= 11 is 0. The molecule has 0 fully saturated rings. The minimum absolute atomic E-state index is 0.411. The van der Waals surface area contributed by atoms with Crippen LogP contribution in [0.5, 0.6) is 0 Å². The van der Waals surface area contributed by atoms with Crippen LogP contribution in [0.1, 0.15) is 46.5 Å². The Balaban J connectivity index is 3.79. The Morgan fingerprint density at radius 3 is 2.27 bits per heavy atom. The van der Waals surface area contributed by atoms with Crippen LogP contribution in [0.2, 0.25) is 0 Å². The van der Waals surface area contributed by atoms with Crippen LogP contribution in [0, 0.1) is 5.41 Å². The van der Waals surface area contributed by atoms with Gasteiger partial charge in [-0.1, -0.05) is 26.2 Å². The van der Waals surface area contributed by atoms with Gasteiger partial charge in [0.2, 0.25) is 5.91 Å². The van der Waals surface area contributed by atoms with E-state index < -0.39 is 17.3 Å². The quantitative estimate of drug-likeness (QED) is 0.502. The number of hydrogen-bond acceptors (Lipinski definition) is 2. The molecule has 0 aliphatic rings. The SMILES string of the molecule is CCCCCCNC(=O)C(C)(C)C(=O)O. The van der Waals surface area contributed by atoms with E-state index in [4.69, 9.17) is 5.11 Å². The second kappa shape index (κ2) is 6.43. The van der Waals surface area contributed by atoms with Crippen molar-refractivity contribution >= 4 is 11.9 Å². The summed E-state index contributed by atoms with van der Waals surface area (Å²) in [5.41, 5.74) is -1.33. The van der Waals surface area contributed by atoms with E-state index in [1.165, 1.54) is 13.8 Å². The molecule has 0 aromatic carbocycles. The third-order valence-corrected chi connectivity index (χ3v) is 2.42. The Bertz CT molecular complexity index is 224. The fourth-order valence-electron chi connectivity index (χ4n) is 1.07. The molecule has 2 N–H and O–H groups in total. The lowest BCUT2D eigenvalue weighted by molar-refractivity contribution is -0.153. The van der Waals surface area contributed by atoms with Gasteiger partial charge in [-0.25, -0.2) is 0 Å². The lowest BCUT2D eigenvalue weighted by Gasteiger charge is -2.18. The van der Waals surface area contributed by atoms with E-state index in [1.807, 2.05) is 0 Å². The van der Waals surface area contributed by atoms with Gasteiger partial charge in [0.25, 0.3) is 0 Å². The van der Waals surface area contributed by atoms with Crippen molar-refractivity contribution < 1.29 is 14.7 Å². The van der Waals surface area contributed by atoms with Crippen LogP contribution in [-0.2, 0) is 9.59 Å². The summed E-state index contributed by atoms with van der Waals surface area (Å²) in [6.07, 6.45) is 4.28. The second-order valence-corrected chi connectivity index (χ2v) is 4.25. The summed E-state index contributed by atoms with van der Waals surface area (Å²) in [5, 5.41) is 11.4. The van der Waals surface area contributed by atoms with Gasteiger partial charge < -0.3 is 10.4 Å². The standard InChI is InChI=1S/C11H21NO3/c1-4-5-6-7-8-12-9(13)11(2,3)10(14)15/h4-8H2,1-3H3,(H,12,13)(H,14,15). The van der Waals surface area contributed by atoms with Gasteiger partial charge in [-0.3, -0.25) is 9.59 Å². The molecule has 1 amide bonds. The first-order valence-corrected chi connectivity index (χ1v) is 5.44. The van der Waals surface area contributed by atoms with Crippen LogP contribution in [0.25, 0.3) is 0 Å². The van der Waals surface area contributed by atoms with Crippen molar-refractivity contribution in [2.24, 2.45) is 5.41 Å². The highest BCUT2D eigenvalue weighted by atomic mass is 16.4. The second-order valence-electron chi connectivity index (χ2n) is 4.25. The molecule has 0 aliphatic carbocycles. The zero-order valence-corrected chi connectivity index (χ0v) is 9.80. The number of nitrogens with one attached hydrogen (secondary N) is 1. The average Bonchev–Trinajstić information content (AvgIpc) is 2.16. The molecule has 0 atom stereocenters. The van der Waals surface area contributed by atoms with Crippen LogP contribution in [0.15, 0.2) is 0 Å². The Morgan fingerprint density at radius 2 is 1.80 bits per heavy atom. The van der Waals surface area contributed by atoms with Crippen molar-refractivity contribution in [2.75, 3.05) is 6.54 Å². The van der Waals surface area contributed by atoms with Crippen molar-refractivity contribution in [3.05, 3.63) is 0 Å². The van der Waals surface area contributed by atoms with Crippen molar-refractivity contribution in [1.29, 1.82) is 0 Å². The molecular weight excluding hydrogens is 194 g/mol. The number of carboxylic acid groups (broad SMARTS) is 1. The molecule has 0 aromatic heterocycles. The number of aliphatic carboxylic acids is 1. The summed E-state index contributed by atoms with van der Waals surface area (Å²) in [6.45, 7) is 5.51. The summed E-state index contributed by atoms with van der Waals surface area (Å²) in [4.78, 5) is 22.2. The fraction of sp³-hybridized carbons (Fsp3) is 0.818. The highest BCUT2D eigenvalue weighted by Gasteiger charge is 2.35. The third-order valence-electron chi connectivity index (χ3n) is 2.42. The maximum Gasteiger partial charge on any atom is 0.318 e. The summed E-state index contributed by atoms with van der Waals surface area (Å²) in [7, 11) is 0. The van der Waals surface area contributed by atoms with Crippen molar-refractivity contribution in [2.45, 2.75) is 46.5 Å². The molecule has 88 valence electrons. The molecule has 0 saturated heterocycles. The Hall–Kier alpha value is -1.06. The Kier molecular flexibility index (Phi) is 5.97. The normalized spacial score (nSPS) is 11.1. The van der Waals surface area contributed by atoms with Gasteiger partial charge in [-0.05, 0) is 20.3 Å². The number of rotatable bonds is 7. The summed E-state index contributed by atoms with van der Waals surface area (Å²) in [5.74, 6) is -1.50. The molecule has 0 bridgehead atoms. The molecule has 0 heterocycles. The molecule has 0 radical (unpaired) electrons. The van der Waals surface area contributed by atoms with Crippen molar-refractivity contribution in [3.63, 3.8) is 0 Å². The highest BCUT2D eigenvalue weighted by Crippen LogP contribution is 2.14. The lowest BCUT2D eigenvalue weighted by Crippen LogP contribution is -2.42. The number of carbonyl (C=O) groups excluding carboxylic acids is 1. The van der Waals surface area contributed by atoms with Crippen LogP contribution in [0.3, 0.4) is 0 Å². The molecule has 0 aliphatic heterocycles. The molecule has 0 aromatic rings. The van der Waals surface area contributed by atoms with Gasteiger partial charge in [-0.2, -0.15) is 0 Å². The van der Waals surface area contributed by atoms with Gasteiger partial charge in [0.05, 0.1) is 0 Å². The van der Waals surface area contributed by atoms with Crippen LogP contribution >= 0.6 is 0 Å². The highest BCUT2D eigenvalue weighted by molar-refractivity contribution is 6.00. The fourth-order valence-corrected chi connectivity index (χ4v) is 1.07. The van der Waals surface area contributed by atoms with Crippen LogP contribution in [-0.4, -0.2) is 23.5 Å². The Morgan fingerprint density at radius 1 is 1.20 bits per heavy atom. The van der Waals surface area contributed by atoms with Gasteiger partial charge in [-0.15, -0.1) is 0 Å². The largest absolute Gasteiger partial charge is 0.480 e. The number of carbonyl (C=O) groups is 2. The smallest absolute Gasteiger partial charge is 0.318 e. The number of amides is 1. The zero-order chi connectivity index (χ0) is 11.9. The average molecular weight is 215 g/mol. The molecule has 4 heteroatoms. The number of hydrogen-bond donors (Lipinski definition) is 2. The molecule has 4 nitrogen and oxygen atoms in total. The summed E-state index contributed by atoms with van der Waals surface area (Å²) in [6, 6.07) is 0. The molecular formula is C11H21NO3. The van der Waals surface area contributed by atoms with Gasteiger partial charge in [0, 0.05) is 6.54 Å². The monoisotopic (exact) mass is 215 g/mol. The molecule has 0 saturated carbocycles. The zero-order valence-electron chi connectivity index (χ0n) is 9.80. The molecule has 0 spiro atoms. The van der Waals surface area contributed by atoms with Crippen molar-refractivity contribution in [3.8, 4) is 0 Å². The lowest BCUT2D eigenvalue weighted by atomic mass is 9.92. The summed E-state index contributed by atoms with van der Waals surface area (Å²) < 4.78 is 0. The van der Waals surface area contributed by atoms with Gasteiger partial charge in [0.15, 0.2) is 0 Å². The maximum atomic E-state index is 11.4. The number of unbranched alkanes of at least 4 members (excludes halogenated alkanes) is 3. The molecule has 0 rings (SSSR count). The van der Waals surface area contributed by atoms with Gasteiger partial charge >= 0.3 is 5.97 Å². The first kappa shape index (κ1) is 13.9. The van der Waals surface area contributed by atoms with Crippen LogP contribution < -0.4 is 5.32 Å². The van der Waals surface area contributed by atoms with Gasteiger partial charge in [0.1, 0.15) is 5.41 Å². The predicted molar refractivity (Wildman–Crippen MR) is 58.6 cm³/mol. The van der Waals surface area contributed by atoms with Crippen molar-refractivity contribution in [1.82, 2.24) is 5.32 Å². The van der Waals surface area contributed by atoms with E-state index in [2.05, 4.69) is 12.2 Å². The Labute approximate surface area is 91.1 Å². The first-order valence-electron chi connectivity index (χ1n) is 5.44. The van der Waals surface area contributed by atoms with E-state index in [1.54, 1.807) is 0 Å². The third kappa shape index (κ3) is 4.81. The minimum Gasteiger partial charge on any atom is -0.480 e. The maximum absolute atomic E-state index is 11.4. The van der Waals surface area contributed by atoms with E-state index >= 15 is 0 Å². The topological polar surface area (TPSA) is 66.4 Å². The number of carboxylic acids is 1. The van der Waals surface area contributed by atoms with E-state index in [-0.39, 0.29) is 0 Å².